The second kappa shape index (κ2) is 6.23. The lowest BCUT2D eigenvalue weighted by molar-refractivity contribution is 0.375. The number of piperidine rings is 1. The van der Waals surface area contributed by atoms with E-state index in [1.807, 2.05) is 0 Å². The Morgan fingerprint density at radius 1 is 0.960 bits per heavy atom. The first-order chi connectivity index (χ1) is 12.4. The van der Waals surface area contributed by atoms with Crippen LogP contribution in [0, 0.1) is 0 Å². The Labute approximate surface area is 149 Å². The van der Waals surface area contributed by atoms with Crippen LogP contribution in [0.5, 0.6) is 0 Å². The van der Waals surface area contributed by atoms with Crippen LogP contribution in [0.1, 0.15) is 30.0 Å². The van der Waals surface area contributed by atoms with Crippen molar-refractivity contribution in [1.29, 1.82) is 0 Å². The number of fused-ring (bicyclic) bond motifs is 2. The maximum absolute atomic E-state index is 3.49. The van der Waals surface area contributed by atoms with E-state index in [0.29, 0.717) is 6.04 Å². The number of nitrogens with one attached hydrogen (secondary N) is 1. The largest absolute Gasteiger partial charge is 0.367 e. The lowest BCUT2D eigenvalue weighted by Crippen LogP contribution is -2.29. The first-order valence-corrected chi connectivity index (χ1v) is 9.52. The summed E-state index contributed by atoms with van der Waals surface area (Å²) in [5.74, 6) is 0. The van der Waals surface area contributed by atoms with Crippen LogP contribution < -0.4 is 10.2 Å². The van der Waals surface area contributed by atoms with E-state index in [4.69, 9.17) is 0 Å². The van der Waals surface area contributed by atoms with Gasteiger partial charge in [0.25, 0.3) is 0 Å². The van der Waals surface area contributed by atoms with E-state index in [1.165, 1.54) is 47.0 Å². The molecule has 3 aromatic rings. The van der Waals surface area contributed by atoms with Gasteiger partial charge in [0.1, 0.15) is 0 Å². The SMILES string of the molecule is c1ccc2c(c1)CCN2Cc1cn(C2CCNCC2)c2ccccc12. The summed E-state index contributed by atoms with van der Waals surface area (Å²) in [5.41, 5.74) is 5.77. The smallest absolute Gasteiger partial charge is 0.0486 e. The summed E-state index contributed by atoms with van der Waals surface area (Å²) in [5, 5.41) is 4.91. The molecule has 0 amide bonds. The van der Waals surface area contributed by atoms with Gasteiger partial charge in [0.15, 0.2) is 0 Å². The van der Waals surface area contributed by atoms with E-state index >= 15 is 0 Å². The highest BCUT2D eigenvalue weighted by Gasteiger charge is 2.22. The van der Waals surface area contributed by atoms with E-state index in [9.17, 15) is 0 Å². The molecule has 2 aliphatic rings. The number of hydrogen-bond donors (Lipinski definition) is 1. The van der Waals surface area contributed by atoms with Crippen molar-refractivity contribution in [1.82, 2.24) is 9.88 Å². The molecule has 3 nitrogen and oxygen atoms in total. The molecule has 0 atom stereocenters. The minimum absolute atomic E-state index is 0.630. The van der Waals surface area contributed by atoms with Crippen molar-refractivity contribution in [3.05, 3.63) is 65.9 Å². The van der Waals surface area contributed by atoms with Crippen LogP contribution in [0.2, 0.25) is 0 Å². The molecule has 1 aromatic heterocycles. The minimum Gasteiger partial charge on any atom is -0.367 e. The molecular weight excluding hydrogens is 306 g/mol. The second-order valence-electron chi connectivity index (χ2n) is 7.36. The van der Waals surface area contributed by atoms with Gasteiger partial charge in [0.2, 0.25) is 0 Å². The molecule has 2 aromatic carbocycles. The van der Waals surface area contributed by atoms with Crippen LogP contribution in [0.25, 0.3) is 10.9 Å². The quantitative estimate of drug-likeness (QED) is 0.779. The topological polar surface area (TPSA) is 20.2 Å². The molecule has 1 fully saturated rings. The fourth-order valence-corrected chi connectivity index (χ4v) is 4.57. The summed E-state index contributed by atoms with van der Waals surface area (Å²) in [4.78, 5) is 2.55. The Kier molecular flexibility index (Phi) is 3.75. The Morgan fingerprint density at radius 2 is 1.76 bits per heavy atom. The number of aromatic nitrogens is 1. The van der Waals surface area contributed by atoms with E-state index in [2.05, 4.69) is 69.5 Å². The predicted octanol–water partition coefficient (Wildman–Crippen LogP) is 4.13. The zero-order chi connectivity index (χ0) is 16.6. The van der Waals surface area contributed by atoms with Gasteiger partial charge in [-0.05, 0) is 55.6 Å². The Bertz CT molecular complexity index is 889. The third kappa shape index (κ3) is 2.63. The van der Waals surface area contributed by atoms with Gasteiger partial charge in [-0.3, -0.25) is 0 Å². The van der Waals surface area contributed by atoms with Gasteiger partial charge in [-0.25, -0.2) is 0 Å². The standard InChI is InChI=1S/C22H25N3/c1-3-7-21-17(5-1)11-14-24(21)15-18-16-25(19-9-12-23-13-10-19)22-8-4-2-6-20(18)22/h1-8,16,19,23H,9-15H2. The van der Waals surface area contributed by atoms with Gasteiger partial charge in [-0.1, -0.05) is 36.4 Å². The number of rotatable bonds is 3. The molecular formula is C22H25N3. The van der Waals surface area contributed by atoms with E-state index < -0.39 is 0 Å². The molecule has 1 saturated heterocycles. The summed E-state index contributed by atoms with van der Waals surface area (Å²) in [7, 11) is 0. The van der Waals surface area contributed by atoms with Crippen molar-refractivity contribution < 1.29 is 0 Å². The lowest BCUT2D eigenvalue weighted by Gasteiger charge is -2.25. The molecule has 0 radical (unpaired) electrons. The summed E-state index contributed by atoms with van der Waals surface area (Å²) in [6, 6.07) is 18.4. The molecule has 0 saturated carbocycles. The molecule has 0 spiro atoms. The lowest BCUT2D eigenvalue weighted by atomic mass is 10.1. The fourth-order valence-electron chi connectivity index (χ4n) is 4.57. The predicted molar refractivity (Wildman–Crippen MR) is 104 cm³/mol. The number of nitrogens with zero attached hydrogens (tertiary/aromatic N) is 2. The van der Waals surface area contributed by atoms with Crippen LogP contribution in [0.3, 0.4) is 0 Å². The third-order valence-electron chi connectivity index (χ3n) is 5.87. The number of para-hydroxylation sites is 2. The average Bonchev–Trinajstić information content (AvgIpc) is 3.25. The van der Waals surface area contributed by atoms with Gasteiger partial charge in [0.05, 0.1) is 0 Å². The highest BCUT2D eigenvalue weighted by atomic mass is 15.1. The van der Waals surface area contributed by atoms with Gasteiger partial charge < -0.3 is 14.8 Å². The molecule has 128 valence electrons. The molecule has 3 heteroatoms. The maximum atomic E-state index is 3.49. The summed E-state index contributed by atoms with van der Waals surface area (Å²) in [6.07, 6.45) is 6.06. The normalized spacial score (nSPS) is 18.0. The van der Waals surface area contributed by atoms with Crippen molar-refractivity contribution in [3.63, 3.8) is 0 Å². The summed E-state index contributed by atoms with van der Waals surface area (Å²) < 4.78 is 2.55. The maximum Gasteiger partial charge on any atom is 0.0486 e. The Morgan fingerprint density at radius 3 is 2.68 bits per heavy atom. The highest BCUT2D eigenvalue weighted by molar-refractivity contribution is 5.84. The van der Waals surface area contributed by atoms with Gasteiger partial charge in [0, 0.05) is 41.9 Å². The zero-order valence-electron chi connectivity index (χ0n) is 14.6. The van der Waals surface area contributed by atoms with Crippen LogP contribution in [-0.4, -0.2) is 24.2 Å². The summed E-state index contributed by atoms with van der Waals surface area (Å²) in [6.45, 7) is 4.40. The van der Waals surface area contributed by atoms with E-state index in [-0.39, 0.29) is 0 Å². The Balaban J connectivity index is 1.51. The van der Waals surface area contributed by atoms with Crippen molar-refractivity contribution >= 4 is 16.6 Å². The van der Waals surface area contributed by atoms with Crippen molar-refractivity contribution in [2.75, 3.05) is 24.5 Å². The zero-order valence-corrected chi connectivity index (χ0v) is 14.6. The second-order valence-corrected chi connectivity index (χ2v) is 7.36. The number of anilines is 1. The first kappa shape index (κ1) is 15.0. The Hall–Kier alpha value is -2.26. The number of hydrogen-bond acceptors (Lipinski definition) is 2. The van der Waals surface area contributed by atoms with Gasteiger partial charge in [-0.15, -0.1) is 0 Å². The van der Waals surface area contributed by atoms with Gasteiger partial charge in [-0.2, -0.15) is 0 Å². The van der Waals surface area contributed by atoms with Crippen LogP contribution >= 0.6 is 0 Å². The van der Waals surface area contributed by atoms with E-state index in [0.717, 1.165) is 26.2 Å². The van der Waals surface area contributed by atoms with E-state index in [1.54, 1.807) is 0 Å². The molecule has 0 aliphatic carbocycles. The third-order valence-corrected chi connectivity index (χ3v) is 5.87. The summed E-state index contributed by atoms with van der Waals surface area (Å²) >= 11 is 0. The average molecular weight is 331 g/mol. The van der Waals surface area contributed by atoms with Gasteiger partial charge >= 0.3 is 0 Å². The van der Waals surface area contributed by atoms with Crippen LogP contribution in [0.15, 0.2) is 54.7 Å². The molecule has 3 heterocycles. The number of benzene rings is 2. The molecule has 2 aliphatic heterocycles. The molecule has 0 unspecified atom stereocenters. The van der Waals surface area contributed by atoms with Crippen molar-refractivity contribution in [2.24, 2.45) is 0 Å². The fraction of sp³-hybridized carbons (Fsp3) is 0.364. The van der Waals surface area contributed by atoms with Crippen molar-refractivity contribution in [3.8, 4) is 0 Å². The molecule has 5 rings (SSSR count). The monoisotopic (exact) mass is 331 g/mol. The molecule has 1 N–H and O–H groups in total. The van der Waals surface area contributed by atoms with Crippen LogP contribution in [-0.2, 0) is 13.0 Å². The molecule has 0 bridgehead atoms. The molecule has 25 heavy (non-hydrogen) atoms. The highest BCUT2D eigenvalue weighted by Crippen LogP contribution is 2.33. The van der Waals surface area contributed by atoms with Crippen molar-refractivity contribution in [2.45, 2.75) is 31.8 Å². The minimum atomic E-state index is 0.630. The first-order valence-electron chi connectivity index (χ1n) is 9.52. The van der Waals surface area contributed by atoms with Crippen LogP contribution in [0.4, 0.5) is 5.69 Å².